The Bertz CT molecular complexity index is 814. The third-order valence-corrected chi connectivity index (χ3v) is 4.95. The van der Waals surface area contributed by atoms with E-state index in [-0.39, 0.29) is 11.6 Å². The molecule has 3 rings (SSSR count). The Labute approximate surface area is 152 Å². The van der Waals surface area contributed by atoms with E-state index >= 15 is 0 Å². The van der Waals surface area contributed by atoms with Crippen molar-refractivity contribution in [2.75, 3.05) is 32.6 Å². The van der Waals surface area contributed by atoms with Crippen molar-refractivity contribution < 1.29 is 19.1 Å². The zero-order valence-corrected chi connectivity index (χ0v) is 15.4. The van der Waals surface area contributed by atoms with Crippen molar-refractivity contribution in [3.05, 3.63) is 23.9 Å². The number of esters is 1. The maximum Gasteiger partial charge on any atom is 0.356 e. The number of H-pyrrole nitrogens is 1. The molecule has 1 aliphatic heterocycles. The highest BCUT2D eigenvalue weighted by molar-refractivity contribution is 6.11. The molecule has 1 aromatic carbocycles. The summed E-state index contributed by atoms with van der Waals surface area (Å²) in [5, 5.41) is 3.61. The van der Waals surface area contributed by atoms with Crippen molar-refractivity contribution in [2.45, 2.75) is 32.2 Å². The normalized spacial score (nSPS) is 17.9. The Morgan fingerprint density at radius 3 is 2.81 bits per heavy atom. The number of aromatic nitrogens is 1. The van der Waals surface area contributed by atoms with Gasteiger partial charge in [-0.25, -0.2) is 4.79 Å². The van der Waals surface area contributed by atoms with Gasteiger partial charge in [0.2, 0.25) is 5.91 Å². The van der Waals surface area contributed by atoms with Crippen molar-refractivity contribution in [3.8, 4) is 5.75 Å². The molecule has 2 aromatic rings. The van der Waals surface area contributed by atoms with E-state index in [2.05, 4.69) is 22.1 Å². The zero-order chi connectivity index (χ0) is 18.7. The van der Waals surface area contributed by atoms with E-state index < -0.39 is 5.97 Å². The van der Waals surface area contributed by atoms with Gasteiger partial charge in [0.25, 0.3) is 0 Å². The molecule has 7 nitrogen and oxygen atoms in total. The average molecular weight is 359 g/mol. The predicted octanol–water partition coefficient (Wildman–Crippen LogP) is 2.78. The number of hydrogen-bond donors (Lipinski definition) is 2. The van der Waals surface area contributed by atoms with Crippen molar-refractivity contribution >= 4 is 28.5 Å². The van der Waals surface area contributed by atoms with Crippen molar-refractivity contribution in [3.63, 3.8) is 0 Å². The quantitative estimate of drug-likeness (QED) is 0.802. The number of anilines is 1. The van der Waals surface area contributed by atoms with E-state index in [0.29, 0.717) is 29.4 Å². The van der Waals surface area contributed by atoms with Gasteiger partial charge in [-0.1, -0.05) is 6.42 Å². The third-order valence-electron chi connectivity index (χ3n) is 4.95. The highest BCUT2D eigenvalue weighted by Gasteiger charge is 2.24. The number of nitrogens with zero attached hydrogens (tertiary/aromatic N) is 1. The minimum Gasteiger partial charge on any atom is -0.497 e. The number of benzene rings is 1. The lowest BCUT2D eigenvalue weighted by Crippen LogP contribution is -2.42. The Hall–Kier alpha value is -2.54. The molecule has 1 saturated heterocycles. The minimum absolute atomic E-state index is 0.146. The molecular formula is C19H25N3O4. The van der Waals surface area contributed by atoms with Gasteiger partial charge in [-0.15, -0.1) is 0 Å². The summed E-state index contributed by atoms with van der Waals surface area (Å²) >= 11 is 0. The molecule has 1 atom stereocenters. The number of likely N-dealkylation sites (tertiary alicyclic amines) is 1. The van der Waals surface area contributed by atoms with E-state index in [1.165, 1.54) is 13.5 Å². The van der Waals surface area contributed by atoms with Gasteiger partial charge in [0.15, 0.2) is 0 Å². The number of carbonyl (C=O) groups excluding carboxylic acids is 2. The Morgan fingerprint density at radius 2 is 2.12 bits per heavy atom. The fourth-order valence-electron chi connectivity index (χ4n) is 3.44. The lowest BCUT2D eigenvalue weighted by molar-refractivity contribution is -0.118. The number of fused-ring (bicyclic) bond motifs is 1. The fraction of sp³-hybridized carbons (Fsp3) is 0.474. The standard InChI is InChI=1S/C19H25N3O4/c1-12-6-4-5-9-22(12)11-16(23)21-17-14-10-13(25-2)7-8-15(14)20-18(17)19(24)26-3/h7-8,10,12,20H,4-6,9,11H2,1-3H3,(H,21,23)/t12-/m0/s1. The number of carbonyl (C=O) groups is 2. The lowest BCUT2D eigenvalue weighted by atomic mass is 10.0. The molecule has 0 saturated carbocycles. The van der Waals surface area contributed by atoms with E-state index in [1.807, 2.05) is 6.07 Å². The predicted molar refractivity (Wildman–Crippen MR) is 99.7 cm³/mol. The van der Waals surface area contributed by atoms with Crippen LogP contribution in [0.3, 0.4) is 0 Å². The molecular weight excluding hydrogens is 334 g/mol. The molecule has 0 aliphatic carbocycles. The number of ether oxygens (including phenoxy) is 2. The van der Waals surface area contributed by atoms with Crippen LogP contribution in [0.15, 0.2) is 18.2 Å². The summed E-state index contributed by atoms with van der Waals surface area (Å²) in [6.45, 7) is 3.36. The Morgan fingerprint density at radius 1 is 1.31 bits per heavy atom. The summed E-state index contributed by atoms with van der Waals surface area (Å²) in [4.78, 5) is 30.0. The van der Waals surface area contributed by atoms with E-state index in [9.17, 15) is 9.59 Å². The van der Waals surface area contributed by atoms with Gasteiger partial charge in [-0.05, 0) is 44.5 Å². The van der Waals surface area contributed by atoms with Gasteiger partial charge >= 0.3 is 5.97 Å². The van der Waals surface area contributed by atoms with Crippen LogP contribution in [0.25, 0.3) is 10.9 Å². The molecule has 1 aliphatic rings. The van der Waals surface area contributed by atoms with Gasteiger partial charge in [0, 0.05) is 16.9 Å². The Balaban J connectivity index is 1.88. The van der Waals surface area contributed by atoms with Gasteiger partial charge in [-0.2, -0.15) is 0 Å². The molecule has 0 unspecified atom stereocenters. The van der Waals surface area contributed by atoms with Crippen molar-refractivity contribution in [2.24, 2.45) is 0 Å². The molecule has 2 N–H and O–H groups in total. The summed E-state index contributed by atoms with van der Waals surface area (Å²) in [6, 6.07) is 5.78. The van der Waals surface area contributed by atoms with Gasteiger partial charge in [0.1, 0.15) is 11.4 Å². The molecule has 7 heteroatoms. The SMILES string of the molecule is COC(=O)c1[nH]c2ccc(OC)cc2c1NC(=O)CN1CCCC[C@@H]1C. The number of rotatable bonds is 5. The van der Waals surface area contributed by atoms with E-state index in [4.69, 9.17) is 9.47 Å². The summed E-state index contributed by atoms with van der Waals surface area (Å²) in [6.07, 6.45) is 3.41. The highest BCUT2D eigenvalue weighted by Crippen LogP contribution is 2.31. The largest absolute Gasteiger partial charge is 0.497 e. The lowest BCUT2D eigenvalue weighted by Gasteiger charge is -2.32. The van der Waals surface area contributed by atoms with Gasteiger partial charge in [-0.3, -0.25) is 9.69 Å². The highest BCUT2D eigenvalue weighted by atomic mass is 16.5. The second-order valence-electron chi connectivity index (χ2n) is 6.64. The minimum atomic E-state index is -0.526. The van der Waals surface area contributed by atoms with Crippen molar-refractivity contribution in [1.82, 2.24) is 9.88 Å². The molecule has 26 heavy (non-hydrogen) atoms. The van der Waals surface area contributed by atoms with Crippen LogP contribution in [0, 0.1) is 0 Å². The maximum absolute atomic E-state index is 12.6. The van der Waals surface area contributed by atoms with E-state index in [0.717, 1.165) is 24.9 Å². The molecule has 0 bridgehead atoms. The number of aromatic amines is 1. The fourth-order valence-corrected chi connectivity index (χ4v) is 3.44. The molecule has 140 valence electrons. The number of hydrogen-bond acceptors (Lipinski definition) is 5. The van der Waals surface area contributed by atoms with Crippen LogP contribution in [0.2, 0.25) is 0 Å². The average Bonchev–Trinajstić information content (AvgIpc) is 3.00. The van der Waals surface area contributed by atoms with Crippen LogP contribution in [-0.4, -0.2) is 55.1 Å². The molecule has 2 heterocycles. The molecule has 0 radical (unpaired) electrons. The zero-order valence-electron chi connectivity index (χ0n) is 15.4. The number of amides is 1. The van der Waals surface area contributed by atoms with Crippen LogP contribution in [-0.2, 0) is 9.53 Å². The van der Waals surface area contributed by atoms with Crippen LogP contribution >= 0.6 is 0 Å². The van der Waals surface area contributed by atoms with Crippen LogP contribution in [0.1, 0.15) is 36.7 Å². The first-order chi connectivity index (χ1) is 12.5. The first-order valence-electron chi connectivity index (χ1n) is 8.85. The van der Waals surface area contributed by atoms with Crippen LogP contribution in [0.4, 0.5) is 5.69 Å². The van der Waals surface area contributed by atoms with Gasteiger partial charge < -0.3 is 19.8 Å². The summed E-state index contributed by atoms with van der Waals surface area (Å²) in [7, 11) is 2.89. The maximum atomic E-state index is 12.6. The number of nitrogens with one attached hydrogen (secondary N) is 2. The molecule has 1 amide bonds. The van der Waals surface area contributed by atoms with E-state index in [1.54, 1.807) is 19.2 Å². The summed E-state index contributed by atoms with van der Waals surface area (Å²) in [5.74, 6) is -0.0255. The first kappa shape index (κ1) is 18.3. The number of piperidine rings is 1. The Kier molecular flexibility index (Phi) is 5.46. The van der Waals surface area contributed by atoms with Crippen LogP contribution in [0.5, 0.6) is 5.75 Å². The van der Waals surface area contributed by atoms with Crippen LogP contribution < -0.4 is 10.1 Å². The molecule has 1 fully saturated rings. The smallest absolute Gasteiger partial charge is 0.356 e. The second kappa shape index (κ2) is 7.78. The monoisotopic (exact) mass is 359 g/mol. The molecule has 1 aromatic heterocycles. The van der Waals surface area contributed by atoms with Gasteiger partial charge in [0.05, 0.1) is 26.5 Å². The molecule has 0 spiro atoms. The number of methoxy groups -OCH3 is 2. The summed E-state index contributed by atoms with van der Waals surface area (Å²) in [5.41, 5.74) is 1.39. The second-order valence-corrected chi connectivity index (χ2v) is 6.64. The summed E-state index contributed by atoms with van der Waals surface area (Å²) < 4.78 is 10.1. The third kappa shape index (κ3) is 3.67. The first-order valence-corrected chi connectivity index (χ1v) is 8.85. The van der Waals surface area contributed by atoms with Crippen molar-refractivity contribution in [1.29, 1.82) is 0 Å². The topological polar surface area (TPSA) is 83.7 Å².